The largest absolute Gasteiger partial charge is 0.366 e. The molecule has 34 heavy (non-hydrogen) atoms. The van der Waals surface area contributed by atoms with Gasteiger partial charge in [-0.25, -0.2) is 0 Å². The first-order valence-corrected chi connectivity index (χ1v) is 12.2. The van der Waals surface area contributed by atoms with Crippen molar-refractivity contribution in [2.45, 2.75) is 90.5 Å². The first-order chi connectivity index (χ1) is 15.6. The Morgan fingerprint density at radius 2 is 1.50 bits per heavy atom. The normalized spacial score (nSPS) is 12.7. The van der Waals surface area contributed by atoms with Crippen molar-refractivity contribution in [1.82, 2.24) is 16.0 Å². The fourth-order valence-electron chi connectivity index (χ4n) is 2.60. The molecule has 3 amide bonds. The average Bonchev–Trinajstić information content (AvgIpc) is 2.74. The van der Waals surface area contributed by atoms with Crippen molar-refractivity contribution in [2.24, 2.45) is 5.92 Å². The molecule has 0 aliphatic heterocycles. The van der Waals surface area contributed by atoms with Crippen LogP contribution in [0, 0.1) is 5.92 Å². The van der Waals surface area contributed by atoms with Crippen LogP contribution in [0.25, 0.3) is 0 Å². The SMILES string of the molecule is CC(C)C(=O)CNC(=O)CCNC(=O)C(C)(C)OCCC(C)(C)NC(=O)CCC(=O)C(C)SF. The van der Waals surface area contributed by atoms with Crippen LogP contribution in [-0.4, -0.2) is 65.4 Å². The van der Waals surface area contributed by atoms with Crippen molar-refractivity contribution in [3.05, 3.63) is 0 Å². The molecule has 0 rings (SSSR count). The molecular formula is C23H40FN3O6S. The molecule has 0 radical (unpaired) electrons. The molecule has 3 N–H and O–H groups in total. The summed E-state index contributed by atoms with van der Waals surface area (Å²) in [5.41, 5.74) is -1.80. The molecule has 0 heterocycles. The number of amides is 3. The van der Waals surface area contributed by atoms with Crippen molar-refractivity contribution in [1.29, 1.82) is 0 Å². The Kier molecular flexibility index (Phi) is 14.2. The van der Waals surface area contributed by atoms with Crippen molar-refractivity contribution >= 4 is 41.4 Å². The lowest BCUT2D eigenvalue weighted by atomic mass is 10.00. The minimum atomic E-state index is -1.16. The number of Topliss-reactive ketones (excluding diaryl/α,β-unsaturated/α-hetero) is 2. The van der Waals surface area contributed by atoms with Gasteiger partial charge >= 0.3 is 0 Å². The summed E-state index contributed by atoms with van der Waals surface area (Å²) >= 11 is -0.0391. The summed E-state index contributed by atoms with van der Waals surface area (Å²) in [7, 11) is 0. The summed E-state index contributed by atoms with van der Waals surface area (Å²) in [6, 6.07) is 0. The lowest BCUT2D eigenvalue weighted by molar-refractivity contribution is -0.143. The van der Waals surface area contributed by atoms with Gasteiger partial charge in [-0.2, -0.15) is 3.89 Å². The van der Waals surface area contributed by atoms with E-state index in [-0.39, 0.29) is 80.4 Å². The first-order valence-electron chi connectivity index (χ1n) is 11.4. The number of hydrogen-bond donors (Lipinski definition) is 3. The van der Waals surface area contributed by atoms with Crippen LogP contribution in [0.3, 0.4) is 0 Å². The Morgan fingerprint density at radius 1 is 0.882 bits per heavy atom. The average molecular weight is 506 g/mol. The Balaban J connectivity index is 4.33. The van der Waals surface area contributed by atoms with Crippen LogP contribution in [0.2, 0.25) is 0 Å². The molecule has 0 spiro atoms. The Hall–Kier alpha value is -2.01. The highest BCUT2D eigenvalue weighted by Crippen LogP contribution is 2.16. The van der Waals surface area contributed by atoms with Gasteiger partial charge in [-0.15, -0.1) is 0 Å². The van der Waals surface area contributed by atoms with Crippen LogP contribution >= 0.6 is 12.1 Å². The Bertz CT molecular complexity index is 727. The van der Waals surface area contributed by atoms with Gasteiger partial charge in [0.1, 0.15) is 11.4 Å². The number of rotatable bonds is 17. The fraction of sp³-hybridized carbons (Fsp3) is 0.783. The minimum Gasteiger partial charge on any atom is -0.366 e. The Morgan fingerprint density at radius 3 is 2.06 bits per heavy atom. The summed E-state index contributed by atoms with van der Waals surface area (Å²) in [5.74, 6) is -1.58. The molecule has 0 saturated carbocycles. The van der Waals surface area contributed by atoms with E-state index in [4.69, 9.17) is 4.74 Å². The molecule has 0 aromatic rings. The zero-order valence-corrected chi connectivity index (χ0v) is 22.2. The molecule has 9 nitrogen and oxygen atoms in total. The van der Waals surface area contributed by atoms with Crippen LogP contribution in [0.1, 0.15) is 74.1 Å². The predicted molar refractivity (Wildman–Crippen MR) is 130 cm³/mol. The second kappa shape index (κ2) is 15.1. The number of ether oxygens (including phenoxy) is 1. The van der Waals surface area contributed by atoms with Gasteiger partial charge in [-0.3, -0.25) is 24.0 Å². The maximum Gasteiger partial charge on any atom is 0.251 e. The number of ketones is 2. The van der Waals surface area contributed by atoms with Crippen molar-refractivity contribution in [2.75, 3.05) is 19.7 Å². The number of carbonyl (C=O) groups is 5. The topological polar surface area (TPSA) is 131 Å². The zero-order chi connectivity index (χ0) is 26.5. The van der Waals surface area contributed by atoms with E-state index < -0.39 is 22.3 Å². The maximum absolute atomic E-state index is 12.4. The first kappa shape index (κ1) is 32.0. The summed E-state index contributed by atoms with van der Waals surface area (Å²) in [5, 5.41) is 7.20. The van der Waals surface area contributed by atoms with Crippen LogP contribution < -0.4 is 16.0 Å². The summed E-state index contributed by atoms with van der Waals surface area (Å²) in [4.78, 5) is 59.5. The van der Waals surface area contributed by atoms with E-state index in [9.17, 15) is 27.9 Å². The third-order valence-corrected chi connectivity index (χ3v) is 5.67. The molecule has 0 saturated heterocycles. The molecule has 0 fully saturated rings. The summed E-state index contributed by atoms with van der Waals surface area (Å²) in [6.07, 6.45) is 0.390. The van der Waals surface area contributed by atoms with E-state index in [0.29, 0.717) is 6.42 Å². The molecule has 0 bridgehead atoms. The number of carbonyl (C=O) groups excluding carboxylic acids is 5. The van der Waals surface area contributed by atoms with Crippen molar-refractivity contribution in [3.8, 4) is 0 Å². The van der Waals surface area contributed by atoms with Gasteiger partial charge in [-0.05, 0) is 41.0 Å². The lowest BCUT2D eigenvalue weighted by Crippen LogP contribution is -2.48. The molecule has 1 unspecified atom stereocenters. The van der Waals surface area contributed by atoms with Crippen LogP contribution in [0.5, 0.6) is 0 Å². The standard InChI is InChI=1S/C23H40FN3O6S/c1-15(2)18(29)14-26-19(30)10-12-25-21(32)23(6,7)33-13-11-22(4,5)27-20(31)9-8-17(28)16(3)34-24/h15-16H,8-14H2,1-7H3,(H,25,32)(H,26,30)(H,27,31). The molecule has 0 aromatic heterocycles. The van der Waals surface area contributed by atoms with Gasteiger partial charge < -0.3 is 20.7 Å². The van der Waals surface area contributed by atoms with E-state index in [0.717, 1.165) is 0 Å². The van der Waals surface area contributed by atoms with E-state index in [1.54, 1.807) is 41.5 Å². The van der Waals surface area contributed by atoms with Crippen LogP contribution in [0.15, 0.2) is 0 Å². The van der Waals surface area contributed by atoms with Crippen LogP contribution in [-0.2, 0) is 28.7 Å². The zero-order valence-electron chi connectivity index (χ0n) is 21.3. The molecule has 1 atom stereocenters. The third kappa shape index (κ3) is 13.6. The van der Waals surface area contributed by atoms with Crippen LogP contribution in [0.4, 0.5) is 3.89 Å². The van der Waals surface area contributed by atoms with E-state index in [2.05, 4.69) is 16.0 Å². The molecule has 11 heteroatoms. The summed E-state index contributed by atoms with van der Waals surface area (Å²) < 4.78 is 18.1. The fourth-order valence-corrected chi connectivity index (χ4v) is 2.82. The monoisotopic (exact) mass is 505 g/mol. The number of hydrogen-bond acceptors (Lipinski definition) is 7. The number of nitrogens with one attached hydrogen (secondary N) is 3. The van der Waals surface area contributed by atoms with Gasteiger partial charge in [0.2, 0.25) is 11.8 Å². The quantitative estimate of drug-likeness (QED) is 0.276. The highest BCUT2D eigenvalue weighted by molar-refractivity contribution is 7.95. The van der Waals surface area contributed by atoms with Gasteiger partial charge in [0.25, 0.3) is 5.91 Å². The minimum absolute atomic E-state index is 0.0267. The van der Waals surface area contributed by atoms with Gasteiger partial charge in [0, 0.05) is 37.3 Å². The predicted octanol–water partition coefficient (Wildman–Crippen LogP) is 2.27. The highest BCUT2D eigenvalue weighted by Gasteiger charge is 2.30. The van der Waals surface area contributed by atoms with E-state index >= 15 is 0 Å². The molecule has 0 aliphatic rings. The molecule has 196 valence electrons. The molecular weight excluding hydrogens is 465 g/mol. The van der Waals surface area contributed by atoms with E-state index in [1.807, 2.05) is 0 Å². The van der Waals surface area contributed by atoms with Gasteiger partial charge in [0.15, 0.2) is 5.78 Å². The van der Waals surface area contributed by atoms with E-state index in [1.165, 1.54) is 6.92 Å². The highest BCUT2D eigenvalue weighted by atomic mass is 32.2. The van der Waals surface area contributed by atoms with Gasteiger partial charge in [0.05, 0.1) is 30.5 Å². The van der Waals surface area contributed by atoms with Crippen molar-refractivity contribution in [3.63, 3.8) is 0 Å². The number of halogens is 1. The summed E-state index contributed by atoms with van der Waals surface area (Å²) in [6.45, 7) is 12.0. The Labute approximate surface area is 206 Å². The third-order valence-electron chi connectivity index (χ3n) is 5.14. The molecule has 0 aliphatic carbocycles. The smallest absolute Gasteiger partial charge is 0.251 e. The second-order valence-corrected chi connectivity index (χ2v) is 10.5. The second-order valence-electron chi connectivity index (χ2n) is 9.64. The van der Waals surface area contributed by atoms with Gasteiger partial charge in [-0.1, -0.05) is 13.8 Å². The maximum atomic E-state index is 12.4. The van der Waals surface area contributed by atoms with Crippen molar-refractivity contribution < 1.29 is 32.6 Å². The molecule has 0 aromatic carbocycles. The lowest BCUT2D eigenvalue weighted by Gasteiger charge is -2.29.